The van der Waals surface area contributed by atoms with E-state index in [2.05, 4.69) is 0 Å². The largest absolute Gasteiger partial charge is 0.397 e. The predicted octanol–water partition coefficient (Wildman–Crippen LogP) is 2.20. The molecule has 0 saturated heterocycles. The average molecular weight is 217 g/mol. The molecule has 0 saturated carbocycles. The van der Waals surface area contributed by atoms with Crippen LogP contribution in [0.1, 0.15) is 18.9 Å². The Morgan fingerprint density at radius 2 is 2.06 bits per heavy atom. The Morgan fingerprint density at radius 3 is 2.44 bits per heavy atom. The molecule has 0 atom stereocenters. The Hall–Kier alpha value is -2.35. The lowest BCUT2D eigenvalue weighted by Crippen LogP contribution is -2.00. The van der Waals surface area contributed by atoms with Crippen LogP contribution in [0.3, 0.4) is 0 Å². The number of rotatable bonds is 3. The molecule has 0 fully saturated rings. The van der Waals surface area contributed by atoms with E-state index in [1.807, 2.05) is 13.0 Å². The fourth-order valence-electron chi connectivity index (χ4n) is 1.27. The van der Waals surface area contributed by atoms with Gasteiger partial charge in [-0.05, 0) is 24.1 Å². The molecule has 0 aliphatic heterocycles. The minimum atomic E-state index is -0.477. The first-order valence-corrected chi connectivity index (χ1v) is 4.73. The third-order valence-corrected chi connectivity index (χ3v) is 2.20. The molecule has 1 aromatic rings. The number of nitro benzene ring substituents is 1. The normalized spacial score (nSPS) is 11.5. The van der Waals surface area contributed by atoms with Crippen molar-refractivity contribution in [3.05, 3.63) is 45.5 Å². The molecule has 5 heteroatoms. The van der Waals surface area contributed by atoms with Crippen molar-refractivity contribution in [1.29, 1.82) is 5.26 Å². The fraction of sp³-hybridized carbons (Fsp3) is 0.182. The lowest BCUT2D eigenvalue weighted by molar-refractivity contribution is -0.384. The zero-order valence-electron chi connectivity index (χ0n) is 8.80. The maximum atomic E-state index is 10.4. The summed E-state index contributed by atoms with van der Waals surface area (Å²) in [5, 5.41) is 19.2. The molecule has 0 heterocycles. The fourth-order valence-corrected chi connectivity index (χ4v) is 1.27. The topological polar surface area (TPSA) is 93.0 Å². The Kier molecular flexibility index (Phi) is 3.62. The maximum Gasteiger partial charge on any atom is 0.269 e. The van der Waals surface area contributed by atoms with Crippen molar-refractivity contribution in [2.24, 2.45) is 5.73 Å². The van der Waals surface area contributed by atoms with Gasteiger partial charge in [0.15, 0.2) is 0 Å². The Morgan fingerprint density at radius 1 is 1.50 bits per heavy atom. The Balaban J connectivity index is 3.12. The molecule has 0 unspecified atom stereocenters. The van der Waals surface area contributed by atoms with E-state index in [9.17, 15) is 10.1 Å². The van der Waals surface area contributed by atoms with Gasteiger partial charge in [-0.25, -0.2) is 0 Å². The van der Waals surface area contributed by atoms with Crippen molar-refractivity contribution in [1.82, 2.24) is 0 Å². The van der Waals surface area contributed by atoms with Crippen LogP contribution in [0.25, 0.3) is 5.70 Å². The van der Waals surface area contributed by atoms with Gasteiger partial charge in [0, 0.05) is 12.1 Å². The highest BCUT2D eigenvalue weighted by Gasteiger charge is 2.07. The van der Waals surface area contributed by atoms with Gasteiger partial charge in [0.1, 0.15) is 0 Å². The molecular formula is C11H11N3O2. The zero-order chi connectivity index (χ0) is 12.1. The number of nitriles is 1. The van der Waals surface area contributed by atoms with E-state index in [-0.39, 0.29) is 5.69 Å². The second-order valence-electron chi connectivity index (χ2n) is 3.16. The SMILES string of the molecule is CC/C(C#N)=C(/N)c1ccc([N+](=O)[O-])cc1. The molecule has 16 heavy (non-hydrogen) atoms. The number of allylic oxidation sites excluding steroid dienone is 1. The Bertz CT molecular complexity index is 469. The number of nitrogens with two attached hydrogens (primary N) is 1. The molecule has 0 aromatic heterocycles. The van der Waals surface area contributed by atoms with E-state index in [4.69, 9.17) is 11.0 Å². The highest BCUT2D eigenvalue weighted by molar-refractivity contribution is 5.69. The van der Waals surface area contributed by atoms with E-state index in [1.54, 1.807) is 12.1 Å². The van der Waals surface area contributed by atoms with Crippen LogP contribution in [-0.2, 0) is 0 Å². The third kappa shape index (κ3) is 2.36. The second-order valence-corrected chi connectivity index (χ2v) is 3.16. The quantitative estimate of drug-likeness (QED) is 0.477. The molecule has 0 bridgehead atoms. The highest BCUT2D eigenvalue weighted by atomic mass is 16.6. The average Bonchev–Trinajstić information content (AvgIpc) is 2.30. The molecule has 1 aromatic carbocycles. The van der Waals surface area contributed by atoms with Gasteiger partial charge < -0.3 is 5.73 Å². The number of hydrogen-bond donors (Lipinski definition) is 1. The van der Waals surface area contributed by atoms with Crippen molar-refractivity contribution in [2.45, 2.75) is 13.3 Å². The van der Waals surface area contributed by atoms with Crippen LogP contribution in [0.2, 0.25) is 0 Å². The summed E-state index contributed by atoms with van der Waals surface area (Å²) in [6, 6.07) is 7.83. The first kappa shape index (κ1) is 11.7. The summed E-state index contributed by atoms with van der Waals surface area (Å²) in [4.78, 5) is 9.96. The number of nitrogens with zero attached hydrogens (tertiary/aromatic N) is 2. The molecule has 82 valence electrons. The van der Waals surface area contributed by atoms with Crippen LogP contribution in [0.4, 0.5) is 5.69 Å². The van der Waals surface area contributed by atoms with Crippen LogP contribution in [0.15, 0.2) is 29.8 Å². The van der Waals surface area contributed by atoms with E-state index in [0.29, 0.717) is 23.3 Å². The van der Waals surface area contributed by atoms with Crippen molar-refractivity contribution >= 4 is 11.4 Å². The summed E-state index contributed by atoms with van der Waals surface area (Å²) in [5.41, 5.74) is 7.26. The van der Waals surface area contributed by atoms with Gasteiger partial charge in [0.2, 0.25) is 0 Å². The molecule has 0 aliphatic carbocycles. The van der Waals surface area contributed by atoms with Crippen molar-refractivity contribution in [3.63, 3.8) is 0 Å². The van der Waals surface area contributed by atoms with Gasteiger partial charge in [0.25, 0.3) is 5.69 Å². The first-order chi connectivity index (χ1) is 7.60. The molecule has 0 radical (unpaired) electrons. The van der Waals surface area contributed by atoms with Crippen molar-refractivity contribution < 1.29 is 4.92 Å². The van der Waals surface area contributed by atoms with Crippen molar-refractivity contribution in [2.75, 3.05) is 0 Å². The molecule has 0 spiro atoms. The smallest absolute Gasteiger partial charge is 0.269 e. The van der Waals surface area contributed by atoms with Gasteiger partial charge in [-0.1, -0.05) is 6.92 Å². The minimum absolute atomic E-state index is 0.00607. The maximum absolute atomic E-state index is 10.4. The highest BCUT2D eigenvalue weighted by Crippen LogP contribution is 2.18. The third-order valence-electron chi connectivity index (χ3n) is 2.20. The second kappa shape index (κ2) is 4.94. The molecule has 2 N–H and O–H groups in total. The molecule has 0 amide bonds. The van der Waals surface area contributed by atoms with E-state index >= 15 is 0 Å². The summed E-state index contributed by atoms with van der Waals surface area (Å²) in [6.45, 7) is 1.83. The summed E-state index contributed by atoms with van der Waals surface area (Å²) < 4.78 is 0. The number of nitro groups is 1. The van der Waals surface area contributed by atoms with E-state index in [1.165, 1.54) is 12.1 Å². The number of non-ortho nitro benzene ring substituents is 1. The monoisotopic (exact) mass is 217 g/mol. The summed E-state index contributed by atoms with van der Waals surface area (Å²) in [7, 11) is 0. The van der Waals surface area contributed by atoms with E-state index in [0.717, 1.165) is 0 Å². The number of benzene rings is 1. The molecule has 0 aliphatic rings. The van der Waals surface area contributed by atoms with Crippen molar-refractivity contribution in [3.8, 4) is 6.07 Å². The van der Waals surface area contributed by atoms with Gasteiger partial charge in [-0.3, -0.25) is 10.1 Å². The Labute approximate surface area is 93.0 Å². The summed E-state index contributed by atoms with van der Waals surface area (Å²) in [6.07, 6.45) is 0.541. The van der Waals surface area contributed by atoms with Crippen LogP contribution >= 0.6 is 0 Å². The molecule has 1 rings (SSSR count). The van der Waals surface area contributed by atoms with Crippen LogP contribution in [0, 0.1) is 21.4 Å². The predicted molar refractivity (Wildman–Crippen MR) is 60.1 cm³/mol. The van der Waals surface area contributed by atoms with Crippen LogP contribution in [0.5, 0.6) is 0 Å². The van der Waals surface area contributed by atoms with Crippen LogP contribution in [-0.4, -0.2) is 4.92 Å². The van der Waals surface area contributed by atoms with Gasteiger partial charge in [0.05, 0.1) is 22.3 Å². The zero-order valence-corrected chi connectivity index (χ0v) is 8.80. The van der Waals surface area contributed by atoms with Gasteiger partial charge >= 0.3 is 0 Å². The standard InChI is InChI=1S/C11H11N3O2/c1-2-8(7-12)11(13)9-3-5-10(6-4-9)14(15)16/h3-6H,2,13H2,1H3/b11-8-. The molecule has 5 nitrogen and oxygen atoms in total. The summed E-state index contributed by atoms with van der Waals surface area (Å²) in [5.74, 6) is 0. The van der Waals surface area contributed by atoms with E-state index < -0.39 is 4.92 Å². The minimum Gasteiger partial charge on any atom is -0.397 e. The summed E-state index contributed by atoms with van der Waals surface area (Å²) >= 11 is 0. The molecular weight excluding hydrogens is 206 g/mol. The first-order valence-electron chi connectivity index (χ1n) is 4.73. The van der Waals surface area contributed by atoms with Crippen LogP contribution < -0.4 is 5.73 Å². The number of hydrogen-bond acceptors (Lipinski definition) is 4. The van der Waals surface area contributed by atoms with Gasteiger partial charge in [-0.2, -0.15) is 5.26 Å². The lowest BCUT2D eigenvalue weighted by Gasteiger charge is -2.03. The lowest BCUT2D eigenvalue weighted by atomic mass is 10.1. The van der Waals surface area contributed by atoms with Gasteiger partial charge in [-0.15, -0.1) is 0 Å².